The van der Waals surface area contributed by atoms with Gasteiger partial charge in [0, 0.05) is 11.6 Å². The molecule has 0 aliphatic carbocycles. The summed E-state index contributed by atoms with van der Waals surface area (Å²) in [5, 5.41) is 10.2. The van der Waals surface area contributed by atoms with Crippen LogP contribution in [0.15, 0.2) is 41.3 Å². The van der Waals surface area contributed by atoms with Gasteiger partial charge in [-0.25, -0.2) is 8.42 Å². The van der Waals surface area contributed by atoms with Gasteiger partial charge in [0.1, 0.15) is 0 Å². The van der Waals surface area contributed by atoms with E-state index >= 15 is 0 Å². The van der Waals surface area contributed by atoms with E-state index in [9.17, 15) is 13.2 Å². The van der Waals surface area contributed by atoms with Gasteiger partial charge in [0.05, 0.1) is 4.90 Å². The summed E-state index contributed by atoms with van der Waals surface area (Å²) in [6, 6.07) is 8.76. The Morgan fingerprint density at radius 1 is 1.08 bits per heavy atom. The molecule has 2 N–H and O–H groups in total. The first-order valence-electron chi connectivity index (χ1n) is 7.78. The molecular formula is C16H19ClN4O3S. The van der Waals surface area contributed by atoms with Crippen LogP contribution in [0.5, 0.6) is 0 Å². The largest absolute Gasteiger partial charge is 0.326 e. The average Bonchev–Trinajstić information content (AvgIpc) is 2.58. The van der Waals surface area contributed by atoms with Crippen molar-refractivity contribution in [3.8, 4) is 0 Å². The van der Waals surface area contributed by atoms with E-state index in [4.69, 9.17) is 11.6 Å². The maximum Gasteiger partial charge on any atom is 0.263 e. The van der Waals surface area contributed by atoms with Crippen molar-refractivity contribution in [1.29, 1.82) is 0 Å². The minimum Gasteiger partial charge on any atom is -0.326 e. The van der Waals surface area contributed by atoms with Crippen LogP contribution in [-0.2, 0) is 14.8 Å². The van der Waals surface area contributed by atoms with Crippen LogP contribution in [0, 0.1) is 5.92 Å². The lowest BCUT2D eigenvalue weighted by Gasteiger charge is -2.13. The van der Waals surface area contributed by atoms with Crippen LogP contribution in [-0.4, -0.2) is 24.5 Å². The van der Waals surface area contributed by atoms with Crippen LogP contribution in [0.1, 0.15) is 26.7 Å². The Morgan fingerprint density at radius 3 is 2.24 bits per heavy atom. The number of carbonyl (C=O) groups excluding carboxylic acids is 1. The van der Waals surface area contributed by atoms with Crippen LogP contribution in [0.4, 0.5) is 11.5 Å². The first kappa shape index (κ1) is 19.1. The fourth-order valence-electron chi connectivity index (χ4n) is 2.19. The molecule has 1 heterocycles. The third-order valence-electron chi connectivity index (χ3n) is 3.66. The van der Waals surface area contributed by atoms with Gasteiger partial charge in [-0.15, -0.1) is 10.2 Å². The zero-order valence-electron chi connectivity index (χ0n) is 13.9. The molecule has 0 saturated carbocycles. The van der Waals surface area contributed by atoms with Gasteiger partial charge in [-0.2, -0.15) is 0 Å². The molecule has 0 aliphatic rings. The van der Waals surface area contributed by atoms with Crippen molar-refractivity contribution in [3.05, 3.63) is 41.6 Å². The average molecular weight is 383 g/mol. The number of benzene rings is 1. The molecule has 0 bridgehead atoms. The van der Waals surface area contributed by atoms with Crippen LogP contribution in [0.2, 0.25) is 5.15 Å². The first-order chi connectivity index (χ1) is 11.9. The third kappa shape index (κ3) is 5.14. The molecule has 2 aromatic rings. The van der Waals surface area contributed by atoms with Gasteiger partial charge >= 0.3 is 0 Å². The van der Waals surface area contributed by atoms with Crippen molar-refractivity contribution >= 4 is 39.0 Å². The van der Waals surface area contributed by atoms with Gasteiger partial charge in [0.15, 0.2) is 11.0 Å². The fourth-order valence-corrected chi connectivity index (χ4v) is 3.29. The molecule has 0 aliphatic heterocycles. The first-order valence-corrected chi connectivity index (χ1v) is 9.64. The van der Waals surface area contributed by atoms with E-state index in [0.717, 1.165) is 12.8 Å². The molecule has 2 rings (SSSR count). The number of halogens is 1. The summed E-state index contributed by atoms with van der Waals surface area (Å²) in [7, 11) is -3.81. The number of carbonyl (C=O) groups is 1. The number of aromatic nitrogens is 2. The van der Waals surface area contributed by atoms with E-state index in [2.05, 4.69) is 20.2 Å². The van der Waals surface area contributed by atoms with Gasteiger partial charge in [-0.05, 0) is 49.2 Å². The van der Waals surface area contributed by atoms with Crippen molar-refractivity contribution in [2.24, 2.45) is 5.92 Å². The zero-order valence-corrected chi connectivity index (χ0v) is 15.4. The van der Waals surface area contributed by atoms with Crippen molar-refractivity contribution in [2.75, 3.05) is 10.0 Å². The maximum absolute atomic E-state index is 12.3. The molecule has 0 radical (unpaired) electrons. The van der Waals surface area contributed by atoms with Gasteiger partial charge in [0.25, 0.3) is 10.0 Å². The Kier molecular flexibility index (Phi) is 6.33. The molecule has 0 unspecified atom stereocenters. The van der Waals surface area contributed by atoms with E-state index in [-0.39, 0.29) is 27.7 Å². The molecular weight excluding hydrogens is 364 g/mol. The molecule has 134 valence electrons. The quantitative estimate of drug-likeness (QED) is 0.765. The Bertz CT molecular complexity index is 819. The number of anilines is 2. The predicted molar refractivity (Wildman–Crippen MR) is 97.0 cm³/mol. The molecule has 0 spiro atoms. The second-order valence-electron chi connectivity index (χ2n) is 5.37. The SMILES string of the molecule is CCC(CC)C(=O)Nc1ccc(S(=O)(=O)Nc2ccc(Cl)nn2)cc1. The van der Waals surface area contributed by atoms with Crippen molar-refractivity contribution in [1.82, 2.24) is 10.2 Å². The minimum absolute atomic E-state index is 0.0461. The van der Waals surface area contributed by atoms with E-state index in [1.54, 1.807) is 12.1 Å². The third-order valence-corrected chi connectivity index (χ3v) is 5.23. The Labute approximate surface area is 151 Å². The predicted octanol–water partition coefficient (Wildman–Crippen LogP) is 3.31. The molecule has 0 fully saturated rings. The Hall–Kier alpha value is -2.19. The lowest BCUT2D eigenvalue weighted by Crippen LogP contribution is -2.21. The van der Waals surface area contributed by atoms with Crippen molar-refractivity contribution in [2.45, 2.75) is 31.6 Å². The highest BCUT2D eigenvalue weighted by Gasteiger charge is 2.17. The van der Waals surface area contributed by atoms with Crippen molar-refractivity contribution < 1.29 is 13.2 Å². The molecule has 1 aromatic heterocycles. The Morgan fingerprint density at radius 2 is 1.72 bits per heavy atom. The van der Waals surface area contributed by atoms with Crippen LogP contribution >= 0.6 is 11.6 Å². The highest BCUT2D eigenvalue weighted by molar-refractivity contribution is 7.92. The summed E-state index contributed by atoms with van der Waals surface area (Å²) in [5.74, 6) is -0.0701. The summed E-state index contributed by atoms with van der Waals surface area (Å²) in [5.41, 5.74) is 0.544. The summed E-state index contributed by atoms with van der Waals surface area (Å²) < 4.78 is 27.0. The van der Waals surface area contributed by atoms with Crippen LogP contribution < -0.4 is 10.0 Å². The summed E-state index contributed by atoms with van der Waals surface area (Å²) in [4.78, 5) is 12.1. The maximum atomic E-state index is 12.3. The summed E-state index contributed by atoms with van der Waals surface area (Å²) >= 11 is 5.62. The van der Waals surface area contributed by atoms with Crippen LogP contribution in [0.3, 0.4) is 0 Å². The fraction of sp³-hybridized carbons (Fsp3) is 0.312. The highest BCUT2D eigenvalue weighted by Crippen LogP contribution is 2.19. The smallest absolute Gasteiger partial charge is 0.263 e. The van der Waals surface area contributed by atoms with Gasteiger partial charge in [-0.3, -0.25) is 9.52 Å². The molecule has 1 aromatic carbocycles. The topological polar surface area (TPSA) is 101 Å². The molecule has 1 amide bonds. The standard InChI is InChI=1S/C16H19ClN4O3S/c1-3-11(4-2)16(22)18-12-5-7-13(8-6-12)25(23,24)21-15-10-9-14(17)19-20-15/h5-11H,3-4H2,1-2H3,(H,18,22)(H,20,21). The zero-order chi connectivity index (χ0) is 18.4. The normalized spacial score (nSPS) is 11.4. The number of rotatable bonds is 7. The highest BCUT2D eigenvalue weighted by atomic mass is 35.5. The van der Waals surface area contributed by atoms with E-state index in [1.165, 1.54) is 24.3 Å². The van der Waals surface area contributed by atoms with Crippen LogP contribution in [0.25, 0.3) is 0 Å². The Balaban J connectivity index is 2.10. The summed E-state index contributed by atoms with van der Waals surface area (Å²) in [6.07, 6.45) is 1.50. The number of hydrogen-bond donors (Lipinski definition) is 2. The van der Waals surface area contributed by atoms with Crippen molar-refractivity contribution in [3.63, 3.8) is 0 Å². The van der Waals surface area contributed by atoms with Gasteiger partial charge < -0.3 is 5.32 Å². The monoisotopic (exact) mass is 382 g/mol. The molecule has 0 saturated heterocycles. The second-order valence-corrected chi connectivity index (χ2v) is 7.44. The minimum atomic E-state index is -3.81. The van der Waals surface area contributed by atoms with Gasteiger partial charge in [0.2, 0.25) is 5.91 Å². The number of hydrogen-bond acceptors (Lipinski definition) is 5. The van der Waals surface area contributed by atoms with E-state index < -0.39 is 10.0 Å². The molecule has 0 atom stereocenters. The van der Waals surface area contributed by atoms with E-state index in [1.807, 2.05) is 13.8 Å². The number of sulfonamides is 1. The van der Waals surface area contributed by atoms with Gasteiger partial charge in [-0.1, -0.05) is 25.4 Å². The second kappa shape index (κ2) is 8.26. The molecule has 7 nitrogen and oxygen atoms in total. The lowest BCUT2D eigenvalue weighted by molar-refractivity contribution is -0.120. The number of amides is 1. The van der Waals surface area contributed by atoms with E-state index in [0.29, 0.717) is 5.69 Å². The summed E-state index contributed by atoms with van der Waals surface area (Å²) in [6.45, 7) is 3.91. The number of nitrogens with zero attached hydrogens (tertiary/aromatic N) is 2. The molecule has 25 heavy (non-hydrogen) atoms. The lowest BCUT2D eigenvalue weighted by atomic mass is 10.0. The molecule has 9 heteroatoms. The number of nitrogens with one attached hydrogen (secondary N) is 2.